The number of pyridine rings is 1. The van der Waals surface area contributed by atoms with Crippen LogP contribution in [0.5, 0.6) is 0 Å². The number of Topliss-reactive ketones (excluding diaryl/α,β-unsaturated/α-hetero) is 1. The highest BCUT2D eigenvalue weighted by atomic mass is 35.5. The third-order valence-corrected chi connectivity index (χ3v) is 4.30. The number of ether oxygens (including phenoxy) is 1. The van der Waals surface area contributed by atoms with Gasteiger partial charge in [0, 0.05) is 35.5 Å². The van der Waals surface area contributed by atoms with E-state index in [-0.39, 0.29) is 18.2 Å². The van der Waals surface area contributed by atoms with Crippen LogP contribution in [-0.4, -0.2) is 17.4 Å². The molecule has 0 N–H and O–H groups in total. The number of carbonyl (C=O) groups excluding carboxylic acids is 1. The van der Waals surface area contributed by atoms with Crippen LogP contribution in [0.1, 0.15) is 27.0 Å². The van der Waals surface area contributed by atoms with E-state index in [4.69, 9.17) is 4.74 Å². The molecule has 0 saturated heterocycles. The van der Waals surface area contributed by atoms with Gasteiger partial charge in [-0.15, -0.1) is 12.4 Å². The summed E-state index contributed by atoms with van der Waals surface area (Å²) in [6, 6.07) is 21.5. The first-order valence-corrected chi connectivity index (χ1v) is 8.30. The highest BCUT2D eigenvalue weighted by Crippen LogP contribution is 2.38. The third kappa shape index (κ3) is 3.39. The number of halogens is 1. The number of hydrogen-bond acceptors (Lipinski definition) is 3. The van der Waals surface area contributed by atoms with Gasteiger partial charge in [-0.25, -0.2) is 0 Å². The fourth-order valence-corrected chi connectivity index (χ4v) is 3.09. The summed E-state index contributed by atoms with van der Waals surface area (Å²) in [7, 11) is 0. The SMILES string of the molecule is Cl.O=C1C(c2cccnc2)=C(OCCc2ccccc2)c2ccccc21. The summed E-state index contributed by atoms with van der Waals surface area (Å²) in [5.41, 5.74) is 4.15. The van der Waals surface area contributed by atoms with Gasteiger partial charge < -0.3 is 4.74 Å². The summed E-state index contributed by atoms with van der Waals surface area (Å²) < 4.78 is 6.10. The second-order valence-corrected chi connectivity index (χ2v) is 5.90. The van der Waals surface area contributed by atoms with Gasteiger partial charge in [-0.1, -0.05) is 60.7 Å². The molecule has 26 heavy (non-hydrogen) atoms. The first-order chi connectivity index (χ1) is 12.3. The molecule has 0 radical (unpaired) electrons. The van der Waals surface area contributed by atoms with Crippen molar-refractivity contribution in [1.29, 1.82) is 0 Å². The molecule has 3 nitrogen and oxygen atoms in total. The molecule has 1 aromatic heterocycles. The molecule has 0 amide bonds. The van der Waals surface area contributed by atoms with Crippen LogP contribution < -0.4 is 0 Å². The molecular formula is C22H18ClNO2. The minimum Gasteiger partial charge on any atom is -0.492 e. The zero-order chi connectivity index (χ0) is 17.1. The minimum atomic E-state index is -0.00156. The van der Waals surface area contributed by atoms with Gasteiger partial charge in [0.15, 0.2) is 5.78 Å². The maximum atomic E-state index is 12.9. The predicted octanol–water partition coefficient (Wildman–Crippen LogP) is 4.83. The lowest BCUT2D eigenvalue weighted by atomic mass is 10.0. The van der Waals surface area contributed by atoms with Gasteiger partial charge in [0.1, 0.15) is 5.76 Å². The number of ketones is 1. The van der Waals surface area contributed by atoms with Crippen LogP contribution in [0.3, 0.4) is 0 Å². The number of benzene rings is 2. The van der Waals surface area contributed by atoms with Gasteiger partial charge in [0.2, 0.25) is 0 Å². The zero-order valence-electron chi connectivity index (χ0n) is 14.1. The molecule has 4 heteroatoms. The summed E-state index contributed by atoms with van der Waals surface area (Å²) in [6.45, 7) is 0.519. The van der Waals surface area contributed by atoms with E-state index in [2.05, 4.69) is 17.1 Å². The largest absolute Gasteiger partial charge is 0.492 e. The molecule has 1 aliphatic carbocycles. The molecule has 1 aliphatic rings. The van der Waals surface area contributed by atoms with Gasteiger partial charge >= 0.3 is 0 Å². The van der Waals surface area contributed by atoms with Crippen molar-refractivity contribution >= 4 is 29.5 Å². The van der Waals surface area contributed by atoms with E-state index in [0.29, 0.717) is 23.5 Å². The first kappa shape index (κ1) is 17.9. The van der Waals surface area contributed by atoms with Crippen LogP contribution in [-0.2, 0) is 11.2 Å². The number of hydrogen-bond donors (Lipinski definition) is 0. The fourth-order valence-electron chi connectivity index (χ4n) is 3.09. The monoisotopic (exact) mass is 363 g/mol. The topological polar surface area (TPSA) is 39.2 Å². The Balaban J connectivity index is 0.00000196. The second kappa shape index (κ2) is 7.98. The van der Waals surface area contributed by atoms with Crippen molar-refractivity contribution in [3.8, 4) is 0 Å². The third-order valence-electron chi connectivity index (χ3n) is 4.30. The Morgan fingerprint density at radius 1 is 0.846 bits per heavy atom. The highest BCUT2D eigenvalue weighted by Gasteiger charge is 2.31. The van der Waals surface area contributed by atoms with Gasteiger partial charge in [-0.05, 0) is 11.6 Å². The molecule has 3 aromatic rings. The van der Waals surface area contributed by atoms with Gasteiger partial charge in [-0.3, -0.25) is 9.78 Å². The zero-order valence-corrected chi connectivity index (χ0v) is 14.9. The van der Waals surface area contributed by atoms with Crippen LogP contribution in [0.2, 0.25) is 0 Å². The highest BCUT2D eigenvalue weighted by molar-refractivity contribution is 6.39. The van der Waals surface area contributed by atoms with Crippen LogP contribution in [0.15, 0.2) is 79.1 Å². The van der Waals surface area contributed by atoms with Crippen molar-refractivity contribution in [3.05, 3.63) is 101 Å². The molecule has 0 unspecified atom stereocenters. The van der Waals surface area contributed by atoms with E-state index in [1.165, 1.54) is 5.56 Å². The predicted molar refractivity (Wildman–Crippen MR) is 105 cm³/mol. The minimum absolute atomic E-state index is 0. The molecule has 0 saturated carbocycles. The normalized spacial score (nSPS) is 12.5. The summed E-state index contributed by atoms with van der Waals surface area (Å²) >= 11 is 0. The van der Waals surface area contributed by atoms with Crippen molar-refractivity contribution in [2.75, 3.05) is 6.61 Å². The van der Waals surface area contributed by atoms with Crippen molar-refractivity contribution < 1.29 is 9.53 Å². The lowest BCUT2D eigenvalue weighted by Crippen LogP contribution is -2.01. The maximum Gasteiger partial charge on any atom is 0.198 e. The fraction of sp³-hybridized carbons (Fsp3) is 0.0909. The smallest absolute Gasteiger partial charge is 0.198 e. The molecule has 0 spiro atoms. The number of fused-ring (bicyclic) bond motifs is 1. The van der Waals surface area contributed by atoms with E-state index in [1.807, 2.05) is 54.6 Å². The van der Waals surface area contributed by atoms with E-state index >= 15 is 0 Å². The maximum absolute atomic E-state index is 12.9. The summed E-state index contributed by atoms with van der Waals surface area (Å²) in [5, 5.41) is 0. The molecule has 0 aliphatic heterocycles. The van der Waals surface area contributed by atoms with Crippen molar-refractivity contribution in [2.24, 2.45) is 0 Å². The molecular weight excluding hydrogens is 346 g/mol. The number of carbonyl (C=O) groups is 1. The van der Waals surface area contributed by atoms with Crippen molar-refractivity contribution in [1.82, 2.24) is 4.98 Å². The first-order valence-electron chi connectivity index (χ1n) is 8.30. The van der Waals surface area contributed by atoms with E-state index in [0.717, 1.165) is 17.5 Å². The molecule has 0 bridgehead atoms. The summed E-state index contributed by atoms with van der Waals surface area (Å²) in [5.74, 6) is 0.655. The molecule has 4 rings (SSSR count). The Labute approximate surface area is 158 Å². The standard InChI is InChI=1S/C22H17NO2.ClH/c24-21-18-10-4-5-11-19(18)22(20(21)17-9-6-13-23-15-17)25-14-12-16-7-2-1-3-8-16;/h1-11,13,15H,12,14H2;1H. The Kier molecular flexibility index (Phi) is 5.49. The molecule has 1 heterocycles. The Hall–Kier alpha value is -2.91. The van der Waals surface area contributed by atoms with Gasteiger partial charge in [0.25, 0.3) is 0 Å². The Morgan fingerprint density at radius 3 is 2.31 bits per heavy atom. The van der Waals surface area contributed by atoms with Crippen LogP contribution in [0, 0.1) is 0 Å². The van der Waals surface area contributed by atoms with E-state index in [1.54, 1.807) is 12.4 Å². The van der Waals surface area contributed by atoms with Crippen LogP contribution in [0.4, 0.5) is 0 Å². The van der Waals surface area contributed by atoms with Gasteiger partial charge in [0.05, 0.1) is 12.2 Å². The summed E-state index contributed by atoms with van der Waals surface area (Å²) in [4.78, 5) is 17.0. The van der Waals surface area contributed by atoms with E-state index < -0.39 is 0 Å². The summed E-state index contributed by atoms with van der Waals surface area (Å²) in [6.07, 6.45) is 4.20. The van der Waals surface area contributed by atoms with E-state index in [9.17, 15) is 4.79 Å². The molecule has 0 fully saturated rings. The van der Waals surface area contributed by atoms with Crippen LogP contribution in [0.25, 0.3) is 11.3 Å². The number of aromatic nitrogens is 1. The Bertz CT molecular complexity index is 937. The van der Waals surface area contributed by atoms with Crippen LogP contribution >= 0.6 is 12.4 Å². The molecule has 130 valence electrons. The number of allylic oxidation sites excluding steroid dienone is 1. The average molecular weight is 364 g/mol. The quantitative estimate of drug-likeness (QED) is 0.652. The Morgan fingerprint density at radius 2 is 1.58 bits per heavy atom. The van der Waals surface area contributed by atoms with Crippen molar-refractivity contribution in [2.45, 2.75) is 6.42 Å². The van der Waals surface area contributed by atoms with Gasteiger partial charge in [-0.2, -0.15) is 0 Å². The second-order valence-electron chi connectivity index (χ2n) is 5.90. The number of nitrogens with zero attached hydrogens (tertiary/aromatic N) is 1. The molecule has 2 aromatic carbocycles. The lowest BCUT2D eigenvalue weighted by molar-refractivity contribution is 0.105. The lowest BCUT2D eigenvalue weighted by Gasteiger charge is -2.11. The average Bonchev–Trinajstić information content (AvgIpc) is 2.96. The van der Waals surface area contributed by atoms with Crippen molar-refractivity contribution in [3.63, 3.8) is 0 Å². The number of rotatable bonds is 5. The molecule has 0 atom stereocenters.